The van der Waals surface area contributed by atoms with E-state index in [9.17, 15) is 5.11 Å². The van der Waals surface area contributed by atoms with E-state index in [4.69, 9.17) is 9.47 Å². The number of aryl methyl sites for hydroxylation is 2. The van der Waals surface area contributed by atoms with Crippen molar-refractivity contribution in [2.45, 2.75) is 33.0 Å². The minimum absolute atomic E-state index is 0.334. The Bertz CT molecular complexity index is 590. The van der Waals surface area contributed by atoms with Crippen molar-refractivity contribution in [2.24, 2.45) is 0 Å². The molecule has 2 aromatic rings. The van der Waals surface area contributed by atoms with Crippen LogP contribution in [0.4, 0.5) is 0 Å². The van der Waals surface area contributed by atoms with E-state index >= 15 is 0 Å². The first-order valence-corrected chi connectivity index (χ1v) is 7.07. The Kier molecular flexibility index (Phi) is 4.86. The largest absolute Gasteiger partial charge is 0.497 e. The van der Waals surface area contributed by atoms with E-state index in [0.29, 0.717) is 0 Å². The first-order chi connectivity index (χ1) is 10.0. The molecule has 21 heavy (non-hydrogen) atoms. The maximum absolute atomic E-state index is 10.4. The first-order valence-electron chi connectivity index (χ1n) is 7.07. The van der Waals surface area contributed by atoms with Crippen molar-refractivity contribution >= 4 is 0 Å². The van der Waals surface area contributed by atoms with Crippen LogP contribution in [0.15, 0.2) is 42.5 Å². The van der Waals surface area contributed by atoms with Crippen molar-refractivity contribution in [3.63, 3.8) is 0 Å². The van der Waals surface area contributed by atoms with Crippen LogP contribution in [0.2, 0.25) is 0 Å². The molecule has 0 heterocycles. The number of methoxy groups -OCH3 is 1. The van der Waals surface area contributed by atoms with Gasteiger partial charge in [-0.2, -0.15) is 0 Å². The van der Waals surface area contributed by atoms with E-state index < -0.39 is 6.10 Å². The van der Waals surface area contributed by atoms with Crippen LogP contribution >= 0.6 is 0 Å². The summed E-state index contributed by atoms with van der Waals surface area (Å²) >= 11 is 0. The van der Waals surface area contributed by atoms with Gasteiger partial charge < -0.3 is 14.6 Å². The van der Waals surface area contributed by atoms with Gasteiger partial charge in [-0.05, 0) is 55.7 Å². The maximum atomic E-state index is 10.4. The molecule has 3 heteroatoms. The van der Waals surface area contributed by atoms with Gasteiger partial charge in [-0.15, -0.1) is 0 Å². The standard InChI is InChI=1S/C18H22O3/c1-12-5-6-13(2)17(11-12)21-14(3)18(19)15-7-9-16(20-4)10-8-15/h5-11,14,18-19H,1-4H3. The molecule has 3 nitrogen and oxygen atoms in total. The molecule has 0 aromatic heterocycles. The molecule has 2 unspecified atom stereocenters. The Morgan fingerprint density at radius 2 is 1.67 bits per heavy atom. The average molecular weight is 286 g/mol. The van der Waals surface area contributed by atoms with Crippen LogP contribution in [0.1, 0.15) is 29.7 Å². The van der Waals surface area contributed by atoms with Crippen LogP contribution in [-0.4, -0.2) is 18.3 Å². The van der Waals surface area contributed by atoms with Gasteiger partial charge in [0.1, 0.15) is 23.7 Å². The zero-order valence-corrected chi connectivity index (χ0v) is 13.0. The number of benzene rings is 2. The van der Waals surface area contributed by atoms with Gasteiger partial charge >= 0.3 is 0 Å². The molecule has 112 valence electrons. The molecule has 0 aliphatic rings. The third-order valence-electron chi connectivity index (χ3n) is 3.56. The van der Waals surface area contributed by atoms with E-state index in [1.807, 2.05) is 63.2 Å². The third-order valence-corrected chi connectivity index (χ3v) is 3.56. The Balaban J connectivity index is 2.11. The predicted molar refractivity (Wildman–Crippen MR) is 84.0 cm³/mol. The summed E-state index contributed by atoms with van der Waals surface area (Å²) in [6, 6.07) is 13.4. The van der Waals surface area contributed by atoms with Gasteiger partial charge in [0.15, 0.2) is 0 Å². The highest BCUT2D eigenvalue weighted by Gasteiger charge is 2.19. The first kappa shape index (κ1) is 15.4. The van der Waals surface area contributed by atoms with Crippen LogP contribution in [0.3, 0.4) is 0 Å². The summed E-state index contributed by atoms with van der Waals surface area (Å²) in [5, 5.41) is 10.4. The Hall–Kier alpha value is -2.00. The fourth-order valence-corrected chi connectivity index (χ4v) is 2.17. The van der Waals surface area contributed by atoms with Crippen LogP contribution in [0, 0.1) is 13.8 Å². The van der Waals surface area contributed by atoms with Gasteiger partial charge in [-0.25, -0.2) is 0 Å². The molecule has 2 rings (SSSR count). The molecule has 2 atom stereocenters. The van der Waals surface area contributed by atoms with Crippen LogP contribution in [0.5, 0.6) is 11.5 Å². The normalized spacial score (nSPS) is 13.6. The molecular formula is C18H22O3. The summed E-state index contributed by atoms with van der Waals surface area (Å²) in [4.78, 5) is 0. The Morgan fingerprint density at radius 1 is 1.00 bits per heavy atom. The summed E-state index contributed by atoms with van der Waals surface area (Å²) in [6.07, 6.45) is -1.02. The summed E-state index contributed by atoms with van der Waals surface area (Å²) in [6.45, 7) is 5.90. The number of ether oxygens (including phenoxy) is 2. The monoisotopic (exact) mass is 286 g/mol. The van der Waals surface area contributed by atoms with Crippen LogP contribution in [-0.2, 0) is 0 Å². The second-order valence-corrected chi connectivity index (χ2v) is 5.31. The number of rotatable bonds is 5. The highest BCUT2D eigenvalue weighted by molar-refractivity contribution is 5.36. The number of hydrogen-bond acceptors (Lipinski definition) is 3. The van der Waals surface area contributed by atoms with E-state index in [1.54, 1.807) is 7.11 Å². The molecule has 0 radical (unpaired) electrons. The quantitative estimate of drug-likeness (QED) is 0.908. The van der Waals surface area contributed by atoms with Crippen molar-refractivity contribution in [2.75, 3.05) is 7.11 Å². The smallest absolute Gasteiger partial charge is 0.126 e. The summed E-state index contributed by atoms with van der Waals surface area (Å²) in [5.74, 6) is 1.59. The minimum atomic E-state index is -0.684. The highest BCUT2D eigenvalue weighted by atomic mass is 16.5. The molecule has 0 fully saturated rings. The summed E-state index contributed by atoms with van der Waals surface area (Å²) < 4.78 is 11.0. The Morgan fingerprint density at radius 3 is 2.29 bits per heavy atom. The van der Waals surface area contributed by atoms with Gasteiger partial charge in [0.2, 0.25) is 0 Å². The van der Waals surface area contributed by atoms with Crippen molar-refractivity contribution in [3.05, 3.63) is 59.2 Å². The van der Waals surface area contributed by atoms with Gasteiger partial charge in [0, 0.05) is 0 Å². The molecule has 1 N–H and O–H groups in total. The number of hydrogen-bond donors (Lipinski definition) is 1. The molecule has 0 aliphatic carbocycles. The summed E-state index contributed by atoms with van der Waals surface area (Å²) in [7, 11) is 1.62. The predicted octanol–water partition coefficient (Wildman–Crippen LogP) is 3.81. The molecular weight excluding hydrogens is 264 g/mol. The fourth-order valence-electron chi connectivity index (χ4n) is 2.17. The van der Waals surface area contributed by atoms with E-state index in [1.165, 1.54) is 0 Å². The lowest BCUT2D eigenvalue weighted by atomic mass is 10.0. The third kappa shape index (κ3) is 3.76. The summed E-state index contributed by atoms with van der Waals surface area (Å²) in [5.41, 5.74) is 3.02. The van der Waals surface area contributed by atoms with Crippen molar-refractivity contribution in [1.29, 1.82) is 0 Å². The lowest BCUT2D eigenvalue weighted by Gasteiger charge is -2.22. The van der Waals surface area contributed by atoms with Crippen LogP contribution < -0.4 is 9.47 Å². The van der Waals surface area contributed by atoms with E-state index in [-0.39, 0.29) is 6.10 Å². The van der Waals surface area contributed by atoms with E-state index in [2.05, 4.69) is 0 Å². The van der Waals surface area contributed by atoms with Crippen molar-refractivity contribution < 1.29 is 14.6 Å². The molecule has 0 amide bonds. The minimum Gasteiger partial charge on any atom is -0.497 e. The second kappa shape index (κ2) is 6.64. The number of aliphatic hydroxyl groups is 1. The Labute approximate surface area is 126 Å². The van der Waals surface area contributed by atoms with E-state index in [0.717, 1.165) is 28.2 Å². The van der Waals surface area contributed by atoms with Crippen LogP contribution in [0.25, 0.3) is 0 Å². The maximum Gasteiger partial charge on any atom is 0.126 e. The topological polar surface area (TPSA) is 38.7 Å². The lowest BCUT2D eigenvalue weighted by Crippen LogP contribution is -2.22. The van der Waals surface area contributed by atoms with Crippen molar-refractivity contribution in [1.82, 2.24) is 0 Å². The van der Waals surface area contributed by atoms with Gasteiger partial charge in [0.05, 0.1) is 7.11 Å². The number of aliphatic hydroxyl groups excluding tert-OH is 1. The zero-order valence-electron chi connectivity index (χ0n) is 13.0. The SMILES string of the molecule is COc1ccc(C(O)C(C)Oc2cc(C)ccc2C)cc1. The average Bonchev–Trinajstić information content (AvgIpc) is 2.50. The lowest BCUT2D eigenvalue weighted by molar-refractivity contribution is 0.0463. The molecule has 2 aromatic carbocycles. The molecule has 0 aliphatic heterocycles. The van der Waals surface area contributed by atoms with Crippen molar-refractivity contribution in [3.8, 4) is 11.5 Å². The van der Waals surface area contributed by atoms with Gasteiger partial charge in [-0.1, -0.05) is 24.3 Å². The molecule has 0 bridgehead atoms. The zero-order chi connectivity index (χ0) is 15.4. The second-order valence-electron chi connectivity index (χ2n) is 5.31. The van der Waals surface area contributed by atoms with Gasteiger partial charge in [-0.3, -0.25) is 0 Å². The fraction of sp³-hybridized carbons (Fsp3) is 0.333. The molecule has 0 spiro atoms. The highest BCUT2D eigenvalue weighted by Crippen LogP contribution is 2.26. The molecule has 0 saturated heterocycles. The van der Waals surface area contributed by atoms with Gasteiger partial charge in [0.25, 0.3) is 0 Å². The molecule has 0 saturated carbocycles.